The van der Waals surface area contributed by atoms with Crippen molar-refractivity contribution < 1.29 is 28.8 Å². The lowest BCUT2D eigenvalue weighted by Crippen LogP contribution is -2.60. The Hall–Kier alpha value is -4.00. The average molecular weight is 682 g/mol. The van der Waals surface area contributed by atoms with Crippen molar-refractivity contribution in [2.24, 2.45) is 11.8 Å². The normalized spacial score (nSPS) is 27.7. The first-order valence-electron chi connectivity index (χ1n) is 17.6. The van der Waals surface area contributed by atoms with E-state index in [4.69, 9.17) is 0 Å². The van der Waals surface area contributed by atoms with Gasteiger partial charge in [0.05, 0.1) is 31.2 Å². The van der Waals surface area contributed by atoms with Gasteiger partial charge in [-0.15, -0.1) is 0 Å². The second kappa shape index (κ2) is 16.1. The van der Waals surface area contributed by atoms with E-state index in [0.29, 0.717) is 32.2 Å². The number of nitrogens with one attached hydrogen (secondary N) is 5. The fraction of sp³-hybridized carbons (Fsp3) is 0.667. The van der Waals surface area contributed by atoms with Crippen molar-refractivity contribution in [1.82, 2.24) is 36.4 Å². The first kappa shape index (κ1) is 37.8. The number of hydrogen-bond acceptors (Lipinski definition) is 7. The standard InChI is InChI=1S/C36H55N7O6/c1-21(2)16-24-32(46)37-19-29(45)40-25(18-23-12-9-8-10-13-23)35(49)43-27(17-22(3)4)30(43)31(34(48)41-36(5,6)7)42-15-11-14-26(42)33(47)38-20-28(44)39-24/h8-10,12-13,21-22,24-27,30-31H,11,14-20H2,1-7H3,(H,37,46)(H,38,47)(H,39,44)(H,40,45)(H,41,48)/t24-,25-,26-,27+,30-,31-,43?/m0/s1. The van der Waals surface area contributed by atoms with Crippen LogP contribution in [0.3, 0.4) is 0 Å². The topological polar surface area (TPSA) is 169 Å². The fourth-order valence-corrected chi connectivity index (χ4v) is 7.06. The van der Waals surface area contributed by atoms with E-state index in [0.717, 1.165) is 5.56 Å². The van der Waals surface area contributed by atoms with Crippen LogP contribution < -0.4 is 26.6 Å². The lowest BCUT2D eigenvalue weighted by Gasteiger charge is -2.34. The van der Waals surface area contributed by atoms with Crippen molar-refractivity contribution >= 4 is 35.4 Å². The molecule has 5 N–H and O–H groups in total. The smallest absolute Gasteiger partial charge is 0.246 e. The minimum absolute atomic E-state index is 0.0488. The number of fused-ring (bicyclic) bond motifs is 2. The second-order valence-corrected chi connectivity index (χ2v) is 15.5. The number of carbonyl (C=O) groups is 6. The number of carbonyl (C=O) groups excluding carboxylic acids is 6. The molecule has 4 rings (SSSR count). The Kier molecular flexibility index (Phi) is 12.5. The summed E-state index contributed by atoms with van der Waals surface area (Å²) >= 11 is 0. The maximum atomic E-state index is 14.6. The zero-order valence-electron chi connectivity index (χ0n) is 30.0. The SMILES string of the molecule is CC(C)C[C@@H]1NC(=O)CNC(=O)[C@@H]2CCCN2[C@H](C(=O)NC(C)(C)C)[C@@H]2[C@@H](CC(C)C)N2C(=O)[C@H](Cc2ccccc2)NC(=O)CNC1=O. The Morgan fingerprint density at radius 2 is 1.45 bits per heavy atom. The number of benzene rings is 1. The van der Waals surface area contributed by atoms with Crippen LogP contribution in [0.25, 0.3) is 0 Å². The molecule has 3 aliphatic heterocycles. The van der Waals surface area contributed by atoms with Crippen LogP contribution >= 0.6 is 0 Å². The Morgan fingerprint density at radius 1 is 0.857 bits per heavy atom. The monoisotopic (exact) mass is 681 g/mol. The molecule has 3 saturated heterocycles. The van der Waals surface area contributed by atoms with Crippen molar-refractivity contribution in [2.45, 2.75) is 122 Å². The molecule has 13 heteroatoms. The second-order valence-electron chi connectivity index (χ2n) is 15.5. The van der Waals surface area contributed by atoms with Crippen LogP contribution in [0, 0.1) is 11.8 Å². The van der Waals surface area contributed by atoms with Crippen LogP contribution in [0.1, 0.15) is 79.7 Å². The summed E-state index contributed by atoms with van der Waals surface area (Å²) in [6.45, 7) is 13.3. The molecule has 0 saturated carbocycles. The predicted molar refractivity (Wildman–Crippen MR) is 185 cm³/mol. The molecule has 270 valence electrons. The average Bonchev–Trinajstić information content (AvgIpc) is 3.45. The summed E-state index contributed by atoms with van der Waals surface area (Å²) in [5, 5.41) is 14.0. The summed E-state index contributed by atoms with van der Waals surface area (Å²) < 4.78 is 0. The van der Waals surface area contributed by atoms with Crippen LogP contribution in [0.5, 0.6) is 0 Å². The van der Waals surface area contributed by atoms with Gasteiger partial charge in [-0.3, -0.25) is 33.7 Å². The molecule has 13 nitrogen and oxygen atoms in total. The van der Waals surface area contributed by atoms with Gasteiger partial charge in [-0.2, -0.15) is 0 Å². The van der Waals surface area contributed by atoms with Crippen molar-refractivity contribution in [1.29, 1.82) is 0 Å². The largest absolute Gasteiger partial charge is 0.350 e. The molecular weight excluding hydrogens is 626 g/mol. The highest BCUT2D eigenvalue weighted by Crippen LogP contribution is 2.41. The summed E-state index contributed by atoms with van der Waals surface area (Å²) in [7, 11) is 0. The first-order valence-corrected chi connectivity index (χ1v) is 17.6. The highest BCUT2D eigenvalue weighted by molar-refractivity contribution is 5.95. The van der Waals surface area contributed by atoms with E-state index < -0.39 is 60.0 Å². The van der Waals surface area contributed by atoms with Crippen molar-refractivity contribution in [3.63, 3.8) is 0 Å². The molecule has 49 heavy (non-hydrogen) atoms. The molecule has 0 aliphatic carbocycles. The molecule has 0 radical (unpaired) electrons. The Bertz CT molecular complexity index is 1380. The number of rotatable bonds is 7. The van der Waals surface area contributed by atoms with E-state index in [-0.39, 0.29) is 48.6 Å². The zero-order chi connectivity index (χ0) is 36.0. The summed E-state index contributed by atoms with van der Waals surface area (Å²) in [6, 6.07) is 5.08. The molecule has 3 aliphatic rings. The van der Waals surface area contributed by atoms with Crippen molar-refractivity contribution in [3.05, 3.63) is 35.9 Å². The third-order valence-electron chi connectivity index (χ3n) is 9.12. The zero-order valence-corrected chi connectivity index (χ0v) is 30.0. The highest BCUT2D eigenvalue weighted by atomic mass is 16.2. The van der Waals surface area contributed by atoms with E-state index >= 15 is 0 Å². The van der Waals surface area contributed by atoms with Gasteiger partial charge in [0.15, 0.2) is 0 Å². The number of amides is 6. The lowest BCUT2D eigenvalue weighted by molar-refractivity contribution is -0.136. The minimum Gasteiger partial charge on any atom is -0.350 e. The van der Waals surface area contributed by atoms with Crippen LogP contribution in [0.2, 0.25) is 0 Å². The van der Waals surface area contributed by atoms with Crippen LogP contribution in [-0.4, -0.2) is 107 Å². The first-order chi connectivity index (χ1) is 23.1. The van der Waals surface area contributed by atoms with E-state index in [1.54, 1.807) is 4.90 Å². The Labute approximate surface area is 290 Å². The Balaban J connectivity index is 1.75. The lowest BCUT2D eigenvalue weighted by atomic mass is 9.99. The van der Waals surface area contributed by atoms with Gasteiger partial charge in [-0.1, -0.05) is 58.0 Å². The third kappa shape index (κ3) is 10.3. The third-order valence-corrected chi connectivity index (χ3v) is 9.12. The fourth-order valence-electron chi connectivity index (χ4n) is 7.06. The van der Waals surface area contributed by atoms with Gasteiger partial charge in [-0.05, 0) is 70.4 Å². The van der Waals surface area contributed by atoms with Gasteiger partial charge >= 0.3 is 0 Å². The molecule has 0 bridgehead atoms. The molecule has 0 aromatic heterocycles. The molecule has 6 atom stereocenters. The van der Waals surface area contributed by atoms with Gasteiger partial charge < -0.3 is 31.5 Å². The maximum absolute atomic E-state index is 14.6. The van der Waals surface area contributed by atoms with Crippen LogP contribution in [0.4, 0.5) is 0 Å². The minimum atomic E-state index is -0.972. The summed E-state index contributed by atoms with van der Waals surface area (Å²) in [5.74, 6) is -2.36. The van der Waals surface area contributed by atoms with Crippen LogP contribution in [0.15, 0.2) is 30.3 Å². The molecule has 6 amide bonds. The van der Waals surface area contributed by atoms with E-state index in [1.165, 1.54) is 0 Å². The van der Waals surface area contributed by atoms with Gasteiger partial charge in [-0.25, -0.2) is 0 Å². The number of nitrogens with zero attached hydrogens (tertiary/aromatic N) is 2. The molecule has 3 heterocycles. The Morgan fingerprint density at radius 3 is 2.04 bits per heavy atom. The van der Waals surface area contributed by atoms with Gasteiger partial charge in [0.25, 0.3) is 0 Å². The molecule has 0 spiro atoms. The van der Waals surface area contributed by atoms with E-state index in [2.05, 4.69) is 40.4 Å². The van der Waals surface area contributed by atoms with Crippen molar-refractivity contribution in [2.75, 3.05) is 19.6 Å². The maximum Gasteiger partial charge on any atom is 0.246 e. The molecule has 1 aromatic carbocycles. The summed E-state index contributed by atoms with van der Waals surface area (Å²) in [6.07, 6.45) is 2.28. The van der Waals surface area contributed by atoms with Gasteiger partial charge in [0.1, 0.15) is 18.1 Å². The molecule has 1 aromatic rings. The van der Waals surface area contributed by atoms with Gasteiger partial charge in [0, 0.05) is 12.0 Å². The van der Waals surface area contributed by atoms with E-state index in [1.807, 2.05) is 69.9 Å². The molecule has 0 unspecified atom stereocenters. The van der Waals surface area contributed by atoms with Crippen molar-refractivity contribution in [3.8, 4) is 0 Å². The molecular formula is C36H55N7O6. The quantitative estimate of drug-likeness (QED) is 0.266. The highest BCUT2D eigenvalue weighted by Gasteiger charge is 2.60. The van der Waals surface area contributed by atoms with Crippen LogP contribution in [-0.2, 0) is 35.2 Å². The summed E-state index contributed by atoms with van der Waals surface area (Å²) in [5.41, 5.74) is 0.264. The molecule has 3 fully saturated rings. The van der Waals surface area contributed by atoms with Gasteiger partial charge in [0.2, 0.25) is 35.4 Å². The number of hydrogen-bond donors (Lipinski definition) is 5. The predicted octanol–water partition coefficient (Wildman–Crippen LogP) is 0.864. The van der Waals surface area contributed by atoms with E-state index in [9.17, 15) is 28.8 Å². The summed E-state index contributed by atoms with van der Waals surface area (Å²) in [4.78, 5) is 85.5.